The van der Waals surface area contributed by atoms with Crippen LogP contribution in [0.5, 0.6) is 0 Å². The summed E-state index contributed by atoms with van der Waals surface area (Å²) < 4.78 is 37.5. The zero-order valence-electron chi connectivity index (χ0n) is 13.2. The largest absolute Gasteiger partial charge is 0.416 e. The van der Waals surface area contributed by atoms with Gasteiger partial charge in [-0.2, -0.15) is 13.2 Å². The topological polar surface area (TPSA) is 66.9 Å². The molecule has 0 aliphatic carbocycles. The lowest BCUT2D eigenvalue weighted by molar-refractivity contribution is -0.137. The molecule has 128 valence electrons. The van der Waals surface area contributed by atoms with E-state index in [0.29, 0.717) is 5.95 Å². The Morgan fingerprint density at radius 1 is 1.17 bits per heavy atom. The Bertz CT molecular complexity index is 684. The van der Waals surface area contributed by atoms with Crippen LogP contribution in [-0.4, -0.2) is 21.9 Å². The molecule has 0 fully saturated rings. The predicted molar refractivity (Wildman–Crippen MR) is 84.8 cm³/mol. The molecule has 0 bridgehead atoms. The normalized spacial score (nSPS) is 12.5. The van der Waals surface area contributed by atoms with Gasteiger partial charge in [0.15, 0.2) is 0 Å². The van der Waals surface area contributed by atoms with Crippen LogP contribution in [0.3, 0.4) is 0 Å². The van der Waals surface area contributed by atoms with Crippen LogP contribution in [-0.2, 0) is 6.18 Å². The van der Waals surface area contributed by atoms with Crippen molar-refractivity contribution in [1.82, 2.24) is 9.97 Å². The molecule has 0 saturated heterocycles. The molecule has 1 aromatic heterocycles. The number of rotatable bonds is 5. The van der Waals surface area contributed by atoms with Crippen molar-refractivity contribution in [2.45, 2.75) is 32.5 Å². The molecule has 1 aromatic carbocycles. The van der Waals surface area contributed by atoms with E-state index in [1.165, 1.54) is 24.5 Å². The second-order valence-corrected chi connectivity index (χ2v) is 5.28. The van der Waals surface area contributed by atoms with Gasteiger partial charge in [-0.3, -0.25) is 4.79 Å². The molecule has 1 unspecified atom stereocenters. The lowest BCUT2D eigenvalue weighted by atomic mass is 10.2. The molecule has 1 heterocycles. The number of carbonyl (C=O) groups is 1. The minimum atomic E-state index is -4.41. The van der Waals surface area contributed by atoms with Gasteiger partial charge in [0.05, 0.1) is 11.1 Å². The van der Waals surface area contributed by atoms with Crippen molar-refractivity contribution in [1.29, 1.82) is 0 Å². The van der Waals surface area contributed by atoms with Crippen molar-refractivity contribution in [3.63, 3.8) is 0 Å². The van der Waals surface area contributed by atoms with E-state index in [0.717, 1.165) is 18.6 Å². The number of halogens is 3. The number of hydrogen-bond donors (Lipinski definition) is 2. The van der Waals surface area contributed by atoms with Gasteiger partial charge in [-0.1, -0.05) is 6.92 Å². The van der Waals surface area contributed by atoms with Gasteiger partial charge in [-0.25, -0.2) is 9.97 Å². The smallest absolute Gasteiger partial charge is 0.352 e. The average molecular weight is 338 g/mol. The highest BCUT2D eigenvalue weighted by Gasteiger charge is 2.30. The van der Waals surface area contributed by atoms with Crippen LogP contribution in [0.2, 0.25) is 0 Å². The van der Waals surface area contributed by atoms with Gasteiger partial charge in [-0.05, 0) is 37.6 Å². The fourth-order valence-electron chi connectivity index (χ4n) is 1.79. The number of alkyl halides is 3. The van der Waals surface area contributed by atoms with E-state index < -0.39 is 17.6 Å². The first kappa shape index (κ1) is 17.7. The van der Waals surface area contributed by atoms with Crippen molar-refractivity contribution < 1.29 is 18.0 Å². The summed E-state index contributed by atoms with van der Waals surface area (Å²) in [4.78, 5) is 20.1. The second kappa shape index (κ2) is 7.29. The Kier molecular flexibility index (Phi) is 5.38. The van der Waals surface area contributed by atoms with Crippen molar-refractivity contribution in [2.75, 3.05) is 10.6 Å². The summed E-state index contributed by atoms with van der Waals surface area (Å²) in [5.41, 5.74) is -0.302. The van der Waals surface area contributed by atoms with Crippen LogP contribution in [0.4, 0.5) is 24.8 Å². The zero-order valence-corrected chi connectivity index (χ0v) is 13.2. The van der Waals surface area contributed by atoms with E-state index in [2.05, 4.69) is 20.6 Å². The Morgan fingerprint density at radius 2 is 1.75 bits per heavy atom. The number of nitrogens with one attached hydrogen (secondary N) is 2. The SMILES string of the molecule is CCC(C)Nc1ncc(C(=O)Nc2ccc(C(F)(F)F)cc2)cn1. The number of carbonyl (C=O) groups excluding carboxylic acids is 1. The first-order chi connectivity index (χ1) is 11.3. The van der Waals surface area contributed by atoms with E-state index >= 15 is 0 Å². The van der Waals surface area contributed by atoms with Crippen molar-refractivity contribution >= 4 is 17.5 Å². The number of hydrogen-bond acceptors (Lipinski definition) is 4. The highest BCUT2D eigenvalue weighted by Crippen LogP contribution is 2.29. The molecule has 0 radical (unpaired) electrons. The maximum absolute atomic E-state index is 12.5. The van der Waals surface area contributed by atoms with Crippen molar-refractivity contribution in [3.8, 4) is 0 Å². The average Bonchev–Trinajstić information content (AvgIpc) is 2.55. The molecule has 1 atom stereocenters. The summed E-state index contributed by atoms with van der Waals surface area (Å²) in [6.07, 6.45) is -0.789. The van der Waals surface area contributed by atoms with Gasteiger partial charge < -0.3 is 10.6 Å². The van der Waals surface area contributed by atoms with E-state index in [1.807, 2.05) is 13.8 Å². The molecule has 0 aliphatic heterocycles. The summed E-state index contributed by atoms with van der Waals surface area (Å²) in [6.45, 7) is 4.00. The summed E-state index contributed by atoms with van der Waals surface area (Å²) in [5, 5.41) is 5.57. The molecule has 1 amide bonds. The third-order valence-corrected chi connectivity index (χ3v) is 3.37. The minimum Gasteiger partial charge on any atom is -0.352 e. The molecule has 0 aliphatic rings. The molecule has 8 heteroatoms. The standard InChI is InChI=1S/C16H17F3N4O/c1-3-10(2)22-15-20-8-11(9-21-15)14(24)23-13-6-4-12(5-7-13)16(17,18)19/h4-10H,3H2,1-2H3,(H,23,24)(H,20,21,22). The zero-order chi connectivity index (χ0) is 17.7. The molecule has 5 nitrogen and oxygen atoms in total. The maximum atomic E-state index is 12.5. The van der Waals surface area contributed by atoms with Crippen molar-refractivity contribution in [3.05, 3.63) is 47.8 Å². The van der Waals surface area contributed by atoms with Crippen LogP contribution >= 0.6 is 0 Å². The molecule has 0 spiro atoms. The molecule has 24 heavy (non-hydrogen) atoms. The second-order valence-electron chi connectivity index (χ2n) is 5.28. The van der Waals surface area contributed by atoms with Crippen LogP contribution in [0, 0.1) is 0 Å². The van der Waals surface area contributed by atoms with E-state index in [4.69, 9.17) is 0 Å². The lowest BCUT2D eigenvalue weighted by Crippen LogP contribution is -2.17. The van der Waals surface area contributed by atoms with Crippen LogP contribution in [0.25, 0.3) is 0 Å². The predicted octanol–water partition coefficient (Wildman–Crippen LogP) is 3.96. The summed E-state index contributed by atoms with van der Waals surface area (Å²) in [5.74, 6) is -0.0831. The molecular formula is C16H17F3N4O. The minimum absolute atomic E-state index is 0.205. The molecule has 2 rings (SSSR count). The van der Waals surface area contributed by atoms with Gasteiger partial charge in [0.2, 0.25) is 5.95 Å². The summed E-state index contributed by atoms with van der Waals surface area (Å²) in [6, 6.07) is 4.41. The third-order valence-electron chi connectivity index (χ3n) is 3.37. The maximum Gasteiger partial charge on any atom is 0.416 e. The monoisotopic (exact) mass is 338 g/mol. The highest BCUT2D eigenvalue weighted by molar-refractivity contribution is 6.03. The fourth-order valence-corrected chi connectivity index (χ4v) is 1.79. The van der Waals surface area contributed by atoms with Gasteiger partial charge in [0.25, 0.3) is 5.91 Å². The molecular weight excluding hydrogens is 321 g/mol. The van der Waals surface area contributed by atoms with Crippen LogP contribution < -0.4 is 10.6 Å². The Morgan fingerprint density at radius 3 is 2.25 bits per heavy atom. The summed E-state index contributed by atoms with van der Waals surface area (Å²) >= 11 is 0. The van der Waals surface area contributed by atoms with Gasteiger partial charge in [-0.15, -0.1) is 0 Å². The third kappa shape index (κ3) is 4.68. The number of amides is 1. The molecule has 2 aromatic rings. The Balaban J connectivity index is 2.02. The molecule has 0 saturated carbocycles. The van der Waals surface area contributed by atoms with E-state index in [1.54, 1.807) is 0 Å². The van der Waals surface area contributed by atoms with Gasteiger partial charge >= 0.3 is 6.18 Å². The highest BCUT2D eigenvalue weighted by atomic mass is 19.4. The summed E-state index contributed by atoms with van der Waals surface area (Å²) in [7, 11) is 0. The number of aromatic nitrogens is 2. The first-order valence-electron chi connectivity index (χ1n) is 7.36. The number of benzene rings is 1. The molecule has 2 N–H and O–H groups in total. The number of nitrogens with zero attached hydrogens (tertiary/aromatic N) is 2. The quantitative estimate of drug-likeness (QED) is 0.866. The van der Waals surface area contributed by atoms with Crippen LogP contribution in [0.1, 0.15) is 36.2 Å². The Labute approximate surface area is 137 Å². The first-order valence-corrected chi connectivity index (χ1v) is 7.36. The van der Waals surface area contributed by atoms with Crippen LogP contribution in [0.15, 0.2) is 36.7 Å². The van der Waals surface area contributed by atoms with Crippen molar-refractivity contribution in [2.24, 2.45) is 0 Å². The van der Waals surface area contributed by atoms with E-state index in [9.17, 15) is 18.0 Å². The fraction of sp³-hybridized carbons (Fsp3) is 0.312. The lowest BCUT2D eigenvalue weighted by Gasteiger charge is -2.11. The Hall–Kier alpha value is -2.64. The van der Waals surface area contributed by atoms with E-state index in [-0.39, 0.29) is 17.3 Å². The van der Waals surface area contributed by atoms with Gasteiger partial charge in [0, 0.05) is 24.1 Å². The number of anilines is 2. The van der Waals surface area contributed by atoms with Gasteiger partial charge in [0.1, 0.15) is 0 Å².